The van der Waals surface area contributed by atoms with Gasteiger partial charge in [0.2, 0.25) is 5.91 Å². The summed E-state index contributed by atoms with van der Waals surface area (Å²) in [7, 11) is 0. The van der Waals surface area contributed by atoms with Crippen LogP contribution in [0.1, 0.15) is 36.7 Å². The molecule has 4 unspecified atom stereocenters. The van der Waals surface area contributed by atoms with Crippen LogP contribution in [0.15, 0.2) is 18.2 Å². The van der Waals surface area contributed by atoms with Crippen LogP contribution in [0.4, 0.5) is 4.39 Å². The van der Waals surface area contributed by atoms with E-state index in [0.717, 1.165) is 12.8 Å². The molecule has 8 heteroatoms. The van der Waals surface area contributed by atoms with Crippen molar-refractivity contribution >= 4 is 22.7 Å². The van der Waals surface area contributed by atoms with Crippen LogP contribution in [0.25, 0.3) is 10.9 Å². The van der Waals surface area contributed by atoms with Gasteiger partial charge in [0, 0.05) is 25.0 Å². The lowest BCUT2D eigenvalue weighted by molar-refractivity contribution is -0.140. The highest BCUT2D eigenvalue weighted by atomic mass is 19.1. The van der Waals surface area contributed by atoms with E-state index in [-0.39, 0.29) is 41.5 Å². The number of fused-ring (bicyclic) bond motifs is 2. The molecule has 2 aliphatic heterocycles. The molecule has 0 spiro atoms. The van der Waals surface area contributed by atoms with Crippen molar-refractivity contribution in [1.29, 1.82) is 0 Å². The number of likely N-dealkylation sites (tertiary alicyclic amines) is 2. The van der Waals surface area contributed by atoms with E-state index >= 15 is 0 Å². The normalized spacial score (nSPS) is 31.2. The second-order valence-electron chi connectivity index (χ2n) is 8.96. The summed E-state index contributed by atoms with van der Waals surface area (Å²) in [4.78, 5) is 29.9. The molecule has 1 aliphatic carbocycles. The zero-order valence-electron chi connectivity index (χ0n) is 16.4. The number of hydrogen-bond acceptors (Lipinski definition) is 4. The third kappa shape index (κ3) is 2.84. The Morgan fingerprint density at radius 2 is 2.21 bits per heavy atom. The Labute approximate surface area is 167 Å². The number of benzene rings is 1. The highest BCUT2D eigenvalue weighted by Crippen LogP contribution is 2.59. The van der Waals surface area contributed by atoms with E-state index in [4.69, 9.17) is 0 Å². The first-order valence-electron chi connectivity index (χ1n) is 10.3. The monoisotopic (exact) mass is 400 g/mol. The summed E-state index contributed by atoms with van der Waals surface area (Å²) < 4.78 is 13.6. The summed E-state index contributed by atoms with van der Waals surface area (Å²) >= 11 is 0. The van der Waals surface area contributed by atoms with Gasteiger partial charge in [0.05, 0.1) is 23.6 Å². The van der Waals surface area contributed by atoms with Crippen molar-refractivity contribution in [1.82, 2.24) is 20.0 Å². The van der Waals surface area contributed by atoms with Gasteiger partial charge in [0.15, 0.2) is 5.69 Å². The highest BCUT2D eigenvalue weighted by Gasteiger charge is 2.64. The number of aromatic nitrogens is 2. The zero-order valence-corrected chi connectivity index (χ0v) is 16.4. The Morgan fingerprint density at radius 3 is 2.97 bits per heavy atom. The number of carbonyl (C=O) groups excluding carboxylic acids is 2. The van der Waals surface area contributed by atoms with E-state index < -0.39 is 5.82 Å². The maximum Gasteiger partial charge on any atom is 0.275 e. The molecule has 5 rings (SSSR count). The molecule has 1 aromatic heterocycles. The minimum absolute atomic E-state index is 0.00420. The number of H-pyrrole nitrogens is 1. The SMILES string of the molecule is CC1CC(CO)N(C(=O)C23CCN(C(=O)c4n[nH]c5ccc(F)cc45)CC2C3)C1. The highest BCUT2D eigenvalue weighted by molar-refractivity contribution is 6.04. The summed E-state index contributed by atoms with van der Waals surface area (Å²) in [6, 6.07) is 4.14. The molecule has 2 N–H and O–H groups in total. The molecule has 3 fully saturated rings. The molecule has 29 heavy (non-hydrogen) atoms. The number of aromatic amines is 1. The van der Waals surface area contributed by atoms with Gasteiger partial charge in [-0.05, 0) is 49.3 Å². The number of piperidine rings is 1. The fourth-order valence-electron chi connectivity index (χ4n) is 5.33. The molecule has 3 heterocycles. The summed E-state index contributed by atoms with van der Waals surface area (Å²) in [6.07, 6.45) is 2.26. The molecule has 2 aromatic rings. The molecule has 1 aromatic carbocycles. The van der Waals surface area contributed by atoms with Gasteiger partial charge in [-0.2, -0.15) is 5.10 Å². The fourth-order valence-corrected chi connectivity index (χ4v) is 5.33. The van der Waals surface area contributed by atoms with Crippen LogP contribution >= 0.6 is 0 Å². The van der Waals surface area contributed by atoms with Crippen molar-refractivity contribution < 1.29 is 19.1 Å². The smallest absolute Gasteiger partial charge is 0.275 e. The maximum absolute atomic E-state index is 13.6. The number of carbonyl (C=O) groups is 2. The van der Waals surface area contributed by atoms with E-state index in [0.29, 0.717) is 42.9 Å². The van der Waals surface area contributed by atoms with Crippen LogP contribution in [0.2, 0.25) is 0 Å². The van der Waals surface area contributed by atoms with Gasteiger partial charge >= 0.3 is 0 Å². The predicted octanol–water partition coefficient (Wildman–Crippen LogP) is 1.78. The van der Waals surface area contributed by atoms with Gasteiger partial charge in [-0.15, -0.1) is 0 Å². The van der Waals surface area contributed by atoms with Crippen molar-refractivity contribution in [2.24, 2.45) is 17.3 Å². The number of amides is 2. The summed E-state index contributed by atoms with van der Waals surface area (Å²) in [5, 5.41) is 17.0. The van der Waals surface area contributed by atoms with Crippen LogP contribution < -0.4 is 0 Å². The Bertz CT molecular complexity index is 991. The lowest BCUT2D eigenvalue weighted by Crippen LogP contribution is -2.48. The van der Waals surface area contributed by atoms with Gasteiger partial charge in [0.1, 0.15) is 5.82 Å². The minimum atomic E-state index is -0.406. The lowest BCUT2D eigenvalue weighted by atomic mass is 9.92. The molecule has 154 valence electrons. The molecule has 0 radical (unpaired) electrons. The van der Waals surface area contributed by atoms with Gasteiger partial charge in [0.25, 0.3) is 5.91 Å². The van der Waals surface area contributed by atoms with E-state index in [2.05, 4.69) is 17.1 Å². The van der Waals surface area contributed by atoms with Gasteiger partial charge in [-0.1, -0.05) is 6.92 Å². The number of hydrogen-bond donors (Lipinski definition) is 2. The quantitative estimate of drug-likeness (QED) is 0.822. The van der Waals surface area contributed by atoms with Crippen LogP contribution in [-0.4, -0.2) is 69.2 Å². The topological polar surface area (TPSA) is 89.5 Å². The van der Waals surface area contributed by atoms with E-state index in [1.807, 2.05) is 4.90 Å². The first-order chi connectivity index (χ1) is 13.9. The summed E-state index contributed by atoms with van der Waals surface area (Å²) in [5.74, 6) is 0.0596. The first kappa shape index (κ1) is 18.5. The van der Waals surface area contributed by atoms with Gasteiger partial charge < -0.3 is 14.9 Å². The molecule has 2 saturated heterocycles. The maximum atomic E-state index is 13.6. The van der Waals surface area contributed by atoms with Crippen molar-refractivity contribution in [3.05, 3.63) is 29.7 Å². The van der Waals surface area contributed by atoms with E-state index in [1.54, 1.807) is 11.0 Å². The number of nitrogens with zero attached hydrogens (tertiary/aromatic N) is 3. The van der Waals surface area contributed by atoms with Crippen molar-refractivity contribution in [2.75, 3.05) is 26.2 Å². The first-order valence-corrected chi connectivity index (χ1v) is 10.3. The molecule has 1 saturated carbocycles. The molecule has 7 nitrogen and oxygen atoms in total. The molecular formula is C21H25FN4O3. The predicted molar refractivity (Wildman–Crippen MR) is 103 cm³/mol. The molecule has 2 amide bonds. The Hall–Kier alpha value is -2.48. The van der Waals surface area contributed by atoms with Crippen molar-refractivity contribution in [2.45, 2.75) is 32.2 Å². The van der Waals surface area contributed by atoms with Gasteiger partial charge in [-0.25, -0.2) is 4.39 Å². The second kappa shape index (κ2) is 6.52. The van der Waals surface area contributed by atoms with Crippen molar-refractivity contribution in [3.63, 3.8) is 0 Å². The zero-order chi connectivity index (χ0) is 20.3. The van der Waals surface area contributed by atoms with Gasteiger partial charge in [-0.3, -0.25) is 14.7 Å². The molecule has 0 bridgehead atoms. The van der Waals surface area contributed by atoms with E-state index in [9.17, 15) is 19.1 Å². The number of aliphatic hydroxyl groups excluding tert-OH is 1. The number of halogens is 1. The Morgan fingerprint density at radius 1 is 1.38 bits per heavy atom. The van der Waals surface area contributed by atoms with Crippen LogP contribution in [0.5, 0.6) is 0 Å². The number of aliphatic hydroxyl groups is 1. The second-order valence-corrected chi connectivity index (χ2v) is 8.96. The average Bonchev–Trinajstić information content (AvgIpc) is 3.12. The largest absolute Gasteiger partial charge is 0.394 e. The summed E-state index contributed by atoms with van der Waals surface area (Å²) in [5.41, 5.74) is 0.474. The number of nitrogens with one attached hydrogen (secondary N) is 1. The fraction of sp³-hybridized carbons (Fsp3) is 0.571. The summed E-state index contributed by atoms with van der Waals surface area (Å²) in [6.45, 7) is 3.81. The van der Waals surface area contributed by atoms with Crippen LogP contribution in [0, 0.1) is 23.1 Å². The number of rotatable bonds is 3. The Balaban J connectivity index is 1.31. The van der Waals surface area contributed by atoms with E-state index in [1.165, 1.54) is 12.1 Å². The minimum Gasteiger partial charge on any atom is -0.394 e. The third-order valence-corrected chi connectivity index (χ3v) is 7.04. The standard InChI is InChI=1S/C21H25FN4O3/c1-12-6-15(11-27)26(9-12)20(29)21-4-5-25(10-13(21)8-21)19(28)18-16-7-14(22)2-3-17(16)23-24-18/h2-3,7,12-13,15,27H,4-6,8-11H2,1H3,(H,23,24). The lowest BCUT2D eigenvalue weighted by Gasteiger charge is -2.34. The van der Waals surface area contributed by atoms with Crippen LogP contribution in [0.3, 0.4) is 0 Å². The molecular weight excluding hydrogens is 375 g/mol. The van der Waals surface area contributed by atoms with Crippen LogP contribution in [-0.2, 0) is 4.79 Å². The molecule has 4 atom stereocenters. The van der Waals surface area contributed by atoms with Crippen molar-refractivity contribution in [3.8, 4) is 0 Å². The third-order valence-electron chi connectivity index (χ3n) is 7.04. The molecule has 3 aliphatic rings. The Kier molecular flexibility index (Phi) is 4.17. The average molecular weight is 400 g/mol.